The van der Waals surface area contributed by atoms with Gasteiger partial charge in [-0.15, -0.1) is 0 Å². The first-order valence-electron chi connectivity index (χ1n) is 6.68. The van der Waals surface area contributed by atoms with E-state index in [1.807, 2.05) is 13.8 Å². The molecule has 0 saturated heterocycles. The Morgan fingerprint density at radius 1 is 1.33 bits per heavy atom. The number of nitro groups is 1. The number of nitro benzene ring substituents is 1. The fraction of sp³-hybridized carbons (Fsp3) is 0.429. The first-order chi connectivity index (χ1) is 9.86. The van der Waals surface area contributed by atoms with Crippen LogP contribution in [0.5, 0.6) is 0 Å². The molecule has 1 rings (SSSR count). The summed E-state index contributed by atoms with van der Waals surface area (Å²) in [6, 6.07) is 5.69. The molecule has 0 spiro atoms. The predicted octanol–water partition coefficient (Wildman–Crippen LogP) is 1.58. The number of benzene rings is 1. The molecule has 0 saturated carbocycles. The number of nitrogens with zero attached hydrogens (tertiary/aromatic N) is 2. The maximum Gasteiger partial charge on any atom is 0.282 e. The fourth-order valence-electron chi connectivity index (χ4n) is 1.85. The van der Waals surface area contributed by atoms with Crippen molar-refractivity contribution < 1.29 is 14.5 Å². The first kappa shape index (κ1) is 16.6. The fourth-order valence-corrected chi connectivity index (χ4v) is 1.85. The molecule has 2 amide bonds. The standard InChI is InChI=1S/C14H19N3O4/c1-4-16(9-13(18)15-10(2)3)14(19)11-7-5-6-8-12(11)17(20)21/h5-8,10H,4,9H2,1-3H3,(H,15,18). The molecule has 0 atom stereocenters. The molecule has 114 valence electrons. The third-order valence-electron chi connectivity index (χ3n) is 2.78. The van der Waals surface area contributed by atoms with Crippen LogP contribution < -0.4 is 5.32 Å². The molecular weight excluding hydrogens is 274 g/mol. The molecule has 21 heavy (non-hydrogen) atoms. The van der Waals surface area contributed by atoms with Gasteiger partial charge in [-0.1, -0.05) is 12.1 Å². The Morgan fingerprint density at radius 2 is 1.95 bits per heavy atom. The summed E-state index contributed by atoms with van der Waals surface area (Å²) in [6.07, 6.45) is 0. The molecule has 0 fully saturated rings. The smallest absolute Gasteiger partial charge is 0.282 e. The van der Waals surface area contributed by atoms with Crippen molar-refractivity contribution in [2.24, 2.45) is 0 Å². The van der Waals surface area contributed by atoms with E-state index in [1.54, 1.807) is 13.0 Å². The quantitative estimate of drug-likeness (QED) is 0.636. The summed E-state index contributed by atoms with van der Waals surface area (Å²) in [5.74, 6) is -0.817. The van der Waals surface area contributed by atoms with Crippen LogP contribution in [0.1, 0.15) is 31.1 Å². The van der Waals surface area contributed by atoms with Gasteiger partial charge in [0.25, 0.3) is 11.6 Å². The Morgan fingerprint density at radius 3 is 2.48 bits per heavy atom. The van der Waals surface area contributed by atoms with Crippen LogP contribution in [0.4, 0.5) is 5.69 Å². The van der Waals surface area contributed by atoms with Gasteiger partial charge >= 0.3 is 0 Å². The lowest BCUT2D eigenvalue weighted by Crippen LogP contribution is -2.42. The first-order valence-corrected chi connectivity index (χ1v) is 6.68. The van der Waals surface area contributed by atoms with Crippen molar-refractivity contribution in [3.8, 4) is 0 Å². The molecule has 1 aromatic rings. The summed E-state index contributed by atoms with van der Waals surface area (Å²) < 4.78 is 0. The third-order valence-corrected chi connectivity index (χ3v) is 2.78. The molecular formula is C14H19N3O4. The van der Waals surface area contributed by atoms with E-state index >= 15 is 0 Å². The van der Waals surface area contributed by atoms with E-state index in [4.69, 9.17) is 0 Å². The van der Waals surface area contributed by atoms with Gasteiger partial charge in [0.1, 0.15) is 5.56 Å². The van der Waals surface area contributed by atoms with E-state index in [1.165, 1.54) is 23.1 Å². The van der Waals surface area contributed by atoms with E-state index in [0.29, 0.717) is 0 Å². The minimum Gasteiger partial charge on any atom is -0.352 e. The molecule has 0 unspecified atom stereocenters. The van der Waals surface area contributed by atoms with Crippen molar-refractivity contribution in [1.82, 2.24) is 10.2 Å². The number of amides is 2. The Labute approximate surface area is 123 Å². The van der Waals surface area contributed by atoms with E-state index in [9.17, 15) is 19.7 Å². The number of carbonyl (C=O) groups is 2. The number of hydrogen-bond acceptors (Lipinski definition) is 4. The SMILES string of the molecule is CCN(CC(=O)NC(C)C)C(=O)c1ccccc1[N+](=O)[O-]. The maximum atomic E-state index is 12.4. The minimum absolute atomic E-state index is 0.0123. The second-order valence-corrected chi connectivity index (χ2v) is 4.82. The van der Waals surface area contributed by atoms with Crippen LogP contribution in [0, 0.1) is 10.1 Å². The van der Waals surface area contributed by atoms with Crippen LogP contribution in [-0.4, -0.2) is 40.8 Å². The van der Waals surface area contributed by atoms with Crippen LogP contribution in [0.25, 0.3) is 0 Å². The lowest BCUT2D eigenvalue weighted by atomic mass is 10.1. The van der Waals surface area contributed by atoms with Gasteiger partial charge < -0.3 is 10.2 Å². The van der Waals surface area contributed by atoms with Gasteiger partial charge in [-0.25, -0.2) is 0 Å². The largest absolute Gasteiger partial charge is 0.352 e. The van der Waals surface area contributed by atoms with Gasteiger partial charge in [0.2, 0.25) is 5.91 Å². The molecule has 7 nitrogen and oxygen atoms in total. The number of nitrogens with one attached hydrogen (secondary N) is 1. The Kier molecular flexibility index (Phi) is 5.83. The topological polar surface area (TPSA) is 92.6 Å². The summed E-state index contributed by atoms with van der Waals surface area (Å²) in [4.78, 5) is 35.7. The highest BCUT2D eigenvalue weighted by atomic mass is 16.6. The average Bonchev–Trinajstić information content (AvgIpc) is 2.43. The summed E-state index contributed by atoms with van der Waals surface area (Å²) in [6.45, 7) is 5.52. The molecule has 0 aromatic heterocycles. The molecule has 0 bridgehead atoms. The zero-order valence-corrected chi connectivity index (χ0v) is 12.3. The van der Waals surface area contributed by atoms with Gasteiger partial charge in [-0.3, -0.25) is 19.7 Å². The monoisotopic (exact) mass is 293 g/mol. The normalized spacial score (nSPS) is 10.3. The molecule has 0 aliphatic rings. The maximum absolute atomic E-state index is 12.4. The molecule has 0 radical (unpaired) electrons. The minimum atomic E-state index is -0.602. The predicted molar refractivity (Wildman–Crippen MR) is 78.0 cm³/mol. The van der Waals surface area contributed by atoms with Crippen LogP contribution >= 0.6 is 0 Å². The second-order valence-electron chi connectivity index (χ2n) is 4.82. The van der Waals surface area contributed by atoms with Gasteiger partial charge in [0.05, 0.1) is 11.5 Å². The second kappa shape index (κ2) is 7.37. The number of likely N-dealkylation sites (N-methyl/N-ethyl adjacent to an activating group) is 1. The van der Waals surface area contributed by atoms with Gasteiger partial charge in [-0.05, 0) is 26.8 Å². The van der Waals surface area contributed by atoms with Crippen LogP contribution in [0.15, 0.2) is 24.3 Å². The highest BCUT2D eigenvalue weighted by molar-refractivity contribution is 5.99. The molecule has 0 aliphatic carbocycles. The van der Waals surface area contributed by atoms with E-state index in [-0.39, 0.29) is 36.3 Å². The molecule has 1 aromatic carbocycles. The van der Waals surface area contributed by atoms with Crippen LogP contribution in [0.2, 0.25) is 0 Å². The van der Waals surface area contributed by atoms with Crippen molar-refractivity contribution in [2.75, 3.05) is 13.1 Å². The van der Waals surface area contributed by atoms with E-state index < -0.39 is 10.8 Å². The summed E-state index contributed by atoms with van der Waals surface area (Å²) in [5, 5.41) is 13.6. The summed E-state index contributed by atoms with van der Waals surface area (Å²) in [7, 11) is 0. The summed E-state index contributed by atoms with van der Waals surface area (Å²) in [5.41, 5.74) is -0.271. The lowest BCUT2D eigenvalue weighted by Gasteiger charge is -2.21. The highest BCUT2D eigenvalue weighted by Crippen LogP contribution is 2.19. The third kappa shape index (κ3) is 4.55. The molecule has 0 aliphatic heterocycles. The number of carbonyl (C=O) groups excluding carboxylic acids is 2. The van der Waals surface area contributed by atoms with Crippen LogP contribution in [0.3, 0.4) is 0 Å². The Balaban J connectivity index is 2.94. The lowest BCUT2D eigenvalue weighted by molar-refractivity contribution is -0.385. The van der Waals surface area contributed by atoms with Gasteiger partial charge in [0.15, 0.2) is 0 Å². The van der Waals surface area contributed by atoms with E-state index in [2.05, 4.69) is 5.32 Å². The molecule has 1 N–H and O–H groups in total. The van der Waals surface area contributed by atoms with E-state index in [0.717, 1.165) is 0 Å². The average molecular weight is 293 g/mol. The number of hydrogen-bond donors (Lipinski definition) is 1. The van der Waals surface area contributed by atoms with Crippen molar-refractivity contribution in [1.29, 1.82) is 0 Å². The zero-order valence-electron chi connectivity index (χ0n) is 12.3. The Hall–Kier alpha value is -2.44. The molecule has 0 heterocycles. The number of rotatable bonds is 6. The van der Waals surface area contributed by atoms with Crippen LogP contribution in [-0.2, 0) is 4.79 Å². The number of para-hydroxylation sites is 1. The Bertz CT molecular complexity index is 543. The van der Waals surface area contributed by atoms with Crippen molar-refractivity contribution in [2.45, 2.75) is 26.8 Å². The van der Waals surface area contributed by atoms with Gasteiger partial charge in [-0.2, -0.15) is 0 Å². The van der Waals surface area contributed by atoms with Gasteiger partial charge in [0, 0.05) is 18.7 Å². The van der Waals surface area contributed by atoms with Crippen molar-refractivity contribution in [3.63, 3.8) is 0 Å². The zero-order chi connectivity index (χ0) is 16.0. The van der Waals surface area contributed by atoms with Crippen molar-refractivity contribution in [3.05, 3.63) is 39.9 Å². The molecule has 7 heteroatoms. The highest BCUT2D eigenvalue weighted by Gasteiger charge is 2.24. The summed E-state index contributed by atoms with van der Waals surface area (Å²) >= 11 is 0. The van der Waals surface area contributed by atoms with Crippen molar-refractivity contribution >= 4 is 17.5 Å².